The molecule has 0 saturated carbocycles. The molecule has 0 bridgehead atoms. The highest BCUT2D eigenvalue weighted by Gasteiger charge is 2.33. The smallest absolute Gasteiger partial charge is 0.416 e. The minimum Gasteiger partial charge on any atom is -0.494 e. The lowest BCUT2D eigenvalue weighted by Crippen LogP contribution is -2.31. The Labute approximate surface area is 176 Å². The molecule has 0 spiro atoms. The van der Waals surface area contributed by atoms with Crippen LogP contribution in [0.3, 0.4) is 0 Å². The van der Waals surface area contributed by atoms with Crippen LogP contribution in [0.4, 0.5) is 13.2 Å². The number of halogens is 3. The predicted molar refractivity (Wildman–Crippen MR) is 112 cm³/mol. The third-order valence-electron chi connectivity index (χ3n) is 5.87. The van der Waals surface area contributed by atoms with Crippen molar-refractivity contribution in [3.63, 3.8) is 0 Å². The Morgan fingerprint density at radius 2 is 1.40 bits per heavy atom. The van der Waals surface area contributed by atoms with E-state index in [1.54, 1.807) is 24.3 Å². The van der Waals surface area contributed by atoms with Gasteiger partial charge in [0, 0.05) is 6.54 Å². The number of alkyl halides is 3. The molecule has 3 nitrogen and oxygen atoms in total. The number of hydrogen-bond donors (Lipinski definition) is 1. The van der Waals surface area contributed by atoms with Gasteiger partial charge in [0.05, 0.1) is 12.2 Å². The van der Waals surface area contributed by atoms with Crippen molar-refractivity contribution in [3.05, 3.63) is 65.2 Å². The van der Waals surface area contributed by atoms with Crippen LogP contribution in [0.5, 0.6) is 5.75 Å². The lowest BCUT2D eigenvalue weighted by atomic mass is 9.84. The SMILES string of the molecule is CCC(O)(c1ccc(OCCCN2CCCCC2)cc1)c1ccc(C(F)(F)F)cc1. The summed E-state index contributed by atoms with van der Waals surface area (Å²) in [5.74, 6) is 0.725. The molecule has 164 valence electrons. The van der Waals surface area contributed by atoms with E-state index < -0.39 is 17.3 Å². The Balaban J connectivity index is 1.60. The van der Waals surface area contributed by atoms with Gasteiger partial charge in [-0.3, -0.25) is 0 Å². The minimum absolute atomic E-state index is 0.342. The fraction of sp³-hybridized carbons (Fsp3) is 0.500. The Morgan fingerprint density at radius 1 is 0.867 bits per heavy atom. The fourth-order valence-corrected chi connectivity index (χ4v) is 4.00. The van der Waals surface area contributed by atoms with Crippen LogP contribution in [-0.4, -0.2) is 36.2 Å². The second-order valence-electron chi connectivity index (χ2n) is 7.92. The van der Waals surface area contributed by atoms with Gasteiger partial charge >= 0.3 is 6.18 Å². The largest absolute Gasteiger partial charge is 0.494 e. The molecule has 0 aromatic heterocycles. The molecule has 0 radical (unpaired) electrons. The van der Waals surface area contributed by atoms with E-state index in [-0.39, 0.29) is 0 Å². The summed E-state index contributed by atoms with van der Waals surface area (Å²) in [5, 5.41) is 11.2. The fourth-order valence-electron chi connectivity index (χ4n) is 4.00. The molecule has 1 N–H and O–H groups in total. The first kappa shape index (κ1) is 22.6. The molecule has 6 heteroatoms. The lowest BCUT2D eigenvalue weighted by molar-refractivity contribution is -0.137. The van der Waals surface area contributed by atoms with Gasteiger partial charge in [-0.25, -0.2) is 0 Å². The summed E-state index contributed by atoms with van der Waals surface area (Å²) in [5.41, 5.74) is -1.01. The van der Waals surface area contributed by atoms with Gasteiger partial charge in [-0.05, 0) is 74.2 Å². The van der Waals surface area contributed by atoms with Crippen LogP contribution in [0.1, 0.15) is 55.7 Å². The quantitative estimate of drug-likeness (QED) is 0.563. The predicted octanol–water partition coefficient (Wildman–Crippen LogP) is 5.61. The number of benzene rings is 2. The van der Waals surface area contributed by atoms with Crippen LogP contribution in [0.2, 0.25) is 0 Å². The maximum absolute atomic E-state index is 12.8. The van der Waals surface area contributed by atoms with Crippen LogP contribution >= 0.6 is 0 Å². The summed E-state index contributed by atoms with van der Waals surface area (Å²) in [7, 11) is 0. The van der Waals surface area contributed by atoms with Crippen molar-refractivity contribution in [1.82, 2.24) is 4.90 Å². The van der Waals surface area contributed by atoms with Crippen molar-refractivity contribution in [2.24, 2.45) is 0 Å². The van der Waals surface area contributed by atoms with E-state index in [0.717, 1.165) is 30.8 Å². The van der Waals surface area contributed by atoms with E-state index in [2.05, 4.69) is 4.90 Å². The average molecular weight is 422 g/mol. The monoisotopic (exact) mass is 421 g/mol. The zero-order chi connectivity index (χ0) is 21.6. The molecule has 1 aliphatic rings. The number of piperidine rings is 1. The van der Waals surface area contributed by atoms with Gasteiger partial charge in [0.15, 0.2) is 0 Å². The molecule has 1 fully saturated rings. The van der Waals surface area contributed by atoms with Crippen molar-refractivity contribution >= 4 is 0 Å². The van der Waals surface area contributed by atoms with Gasteiger partial charge < -0.3 is 14.7 Å². The highest BCUT2D eigenvalue weighted by Crippen LogP contribution is 2.36. The first-order valence-corrected chi connectivity index (χ1v) is 10.7. The molecule has 0 aliphatic carbocycles. The van der Waals surface area contributed by atoms with Crippen molar-refractivity contribution < 1.29 is 23.0 Å². The van der Waals surface area contributed by atoms with Crippen molar-refractivity contribution in [2.75, 3.05) is 26.2 Å². The van der Waals surface area contributed by atoms with Gasteiger partial charge in [0.2, 0.25) is 0 Å². The van der Waals surface area contributed by atoms with E-state index in [9.17, 15) is 18.3 Å². The lowest BCUT2D eigenvalue weighted by Gasteiger charge is -2.28. The van der Waals surface area contributed by atoms with Gasteiger partial charge in [0.1, 0.15) is 11.4 Å². The maximum Gasteiger partial charge on any atom is 0.416 e. The molecule has 30 heavy (non-hydrogen) atoms. The van der Waals surface area contributed by atoms with Crippen molar-refractivity contribution in [3.8, 4) is 5.75 Å². The van der Waals surface area contributed by atoms with E-state index in [0.29, 0.717) is 24.2 Å². The molecular formula is C24H30F3NO2. The van der Waals surface area contributed by atoms with Gasteiger partial charge in [-0.15, -0.1) is 0 Å². The average Bonchev–Trinajstić information content (AvgIpc) is 2.77. The molecule has 2 aromatic rings. The molecule has 2 aromatic carbocycles. The third-order valence-corrected chi connectivity index (χ3v) is 5.87. The van der Waals surface area contributed by atoms with E-state index in [4.69, 9.17) is 4.74 Å². The Kier molecular flexibility index (Phi) is 7.42. The van der Waals surface area contributed by atoms with Crippen molar-refractivity contribution in [2.45, 2.75) is 50.8 Å². The molecule has 0 amide bonds. The topological polar surface area (TPSA) is 32.7 Å². The number of rotatable bonds is 8. The molecule has 1 saturated heterocycles. The van der Waals surface area contributed by atoms with Crippen LogP contribution < -0.4 is 4.74 Å². The molecule has 1 heterocycles. The number of aliphatic hydroxyl groups is 1. The first-order chi connectivity index (χ1) is 14.3. The second kappa shape index (κ2) is 9.84. The molecule has 1 atom stereocenters. The second-order valence-corrected chi connectivity index (χ2v) is 7.92. The minimum atomic E-state index is -4.39. The Morgan fingerprint density at radius 3 is 1.93 bits per heavy atom. The van der Waals surface area contributed by atoms with Gasteiger partial charge in [0.25, 0.3) is 0 Å². The van der Waals surface area contributed by atoms with Crippen LogP contribution in [0.25, 0.3) is 0 Å². The number of hydrogen-bond acceptors (Lipinski definition) is 3. The van der Waals surface area contributed by atoms with Gasteiger partial charge in [-0.2, -0.15) is 13.2 Å². The highest BCUT2D eigenvalue weighted by molar-refractivity contribution is 5.40. The van der Waals surface area contributed by atoms with E-state index in [1.165, 1.54) is 44.5 Å². The summed E-state index contributed by atoms with van der Waals surface area (Å²) in [6.45, 7) is 5.83. The number of likely N-dealkylation sites (tertiary alicyclic amines) is 1. The summed E-state index contributed by atoms with van der Waals surface area (Å²) in [6.07, 6.45) is 0.801. The zero-order valence-electron chi connectivity index (χ0n) is 17.4. The summed E-state index contributed by atoms with van der Waals surface area (Å²) in [4.78, 5) is 2.47. The molecule has 1 aliphatic heterocycles. The summed E-state index contributed by atoms with van der Waals surface area (Å²) < 4.78 is 44.3. The summed E-state index contributed by atoms with van der Waals surface area (Å²) >= 11 is 0. The normalized spacial score (nSPS) is 17.5. The Bertz CT molecular complexity index is 784. The molecular weight excluding hydrogens is 391 g/mol. The van der Waals surface area contributed by atoms with Crippen LogP contribution in [0, 0.1) is 0 Å². The summed E-state index contributed by atoms with van der Waals surface area (Å²) in [6, 6.07) is 11.9. The number of nitrogens with zero attached hydrogens (tertiary/aromatic N) is 1. The van der Waals surface area contributed by atoms with E-state index >= 15 is 0 Å². The molecule has 3 rings (SSSR count). The zero-order valence-corrected chi connectivity index (χ0v) is 17.4. The Hall–Kier alpha value is -2.05. The van der Waals surface area contributed by atoms with Crippen LogP contribution in [-0.2, 0) is 11.8 Å². The van der Waals surface area contributed by atoms with Crippen LogP contribution in [0.15, 0.2) is 48.5 Å². The standard InChI is InChI=1S/C24H30F3NO2/c1-2-23(29,19-7-9-21(10-8-19)24(25,26)27)20-11-13-22(14-12-20)30-18-6-17-28-15-4-3-5-16-28/h7-14,29H,2-6,15-18H2,1H3. The number of ether oxygens (including phenoxy) is 1. The molecule has 1 unspecified atom stereocenters. The third kappa shape index (κ3) is 5.55. The first-order valence-electron chi connectivity index (χ1n) is 10.7. The van der Waals surface area contributed by atoms with E-state index in [1.807, 2.05) is 6.92 Å². The van der Waals surface area contributed by atoms with Crippen molar-refractivity contribution in [1.29, 1.82) is 0 Å². The van der Waals surface area contributed by atoms with Gasteiger partial charge in [-0.1, -0.05) is 37.6 Å². The highest BCUT2D eigenvalue weighted by atomic mass is 19.4. The maximum atomic E-state index is 12.8.